The van der Waals surface area contributed by atoms with E-state index in [2.05, 4.69) is 9.47 Å². The van der Waals surface area contributed by atoms with E-state index < -0.39 is 23.8 Å². The van der Waals surface area contributed by atoms with Crippen molar-refractivity contribution in [3.63, 3.8) is 0 Å². The number of aliphatic hydroxyl groups excluding tert-OH is 1. The molecule has 0 amide bonds. The molecule has 0 radical (unpaired) electrons. The van der Waals surface area contributed by atoms with Gasteiger partial charge >= 0.3 is 11.9 Å². The van der Waals surface area contributed by atoms with E-state index >= 15 is 0 Å². The zero-order valence-corrected chi connectivity index (χ0v) is 8.93. The van der Waals surface area contributed by atoms with Crippen LogP contribution in [0.1, 0.15) is 12.8 Å². The lowest BCUT2D eigenvalue weighted by molar-refractivity contribution is -0.156. The van der Waals surface area contributed by atoms with Crippen LogP contribution in [-0.2, 0) is 19.1 Å². The molecule has 1 fully saturated rings. The smallest absolute Gasteiger partial charge is 0.309 e. The first-order valence-electron chi connectivity index (χ1n) is 4.90. The molecule has 0 bridgehead atoms. The van der Waals surface area contributed by atoms with E-state index in [0.717, 1.165) is 0 Å². The number of carbonyl (C=O) groups is 2. The molecule has 0 aliphatic heterocycles. The van der Waals surface area contributed by atoms with Crippen molar-refractivity contribution in [3.05, 3.63) is 0 Å². The average molecular weight is 216 g/mol. The summed E-state index contributed by atoms with van der Waals surface area (Å²) in [5, 5.41) is 9.01. The lowest BCUT2D eigenvalue weighted by Crippen LogP contribution is -2.27. The third-order valence-corrected chi connectivity index (χ3v) is 2.93. The van der Waals surface area contributed by atoms with E-state index in [1.807, 2.05) is 0 Å². The quantitative estimate of drug-likeness (QED) is 0.670. The topological polar surface area (TPSA) is 72.8 Å². The molecular formula is C10H16O5. The molecule has 1 saturated carbocycles. The molecule has 0 aromatic rings. The van der Waals surface area contributed by atoms with Gasteiger partial charge < -0.3 is 14.6 Å². The summed E-state index contributed by atoms with van der Waals surface area (Å²) in [5.41, 5.74) is 0. The minimum atomic E-state index is -0.473. The molecule has 5 nitrogen and oxygen atoms in total. The van der Waals surface area contributed by atoms with Gasteiger partial charge in [-0.3, -0.25) is 9.59 Å². The summed E-state index contributed by atoms with van der Waals surface area (Å²) in [5.74, 6) is -1.76. The minimum Gasteiger partial charge on any atom is -0.469 e. The van der Waals surface area contributed by atoms with Crippen LogP contribution in [0, 0.1) is 17.8 Å². The molecule has 1 aliphatic rings. The highest BCUT2D eigenvalue weighted by Crippen LogP contribution is 2.37. The third kappa shape index (κ3) is 2.47. The highest BCUT2D eigenvalue weighted by molar-refractivity contribution is 5.82. The van der Waals surface area contributed by atoms with Crippen molar-refractivity contribution in [2.45, 2.75) is 12.8 Å². The van der Waals surface area contributed by atoms with Crippen molar-refractivity contribution < 1.29 is 24.2 Å². The minimum absolute atomic E-state index is 0.0129. The van der Waals surface area contributed by atoms with Crippen LogP contribution in [0.2, 0.25) is 0 Å². The summed E-state index contributed by atoms with van der Waals surface area (Å²) in [6, 6.07) is 0. The van der Waals surface area contributed by atoms with Crippen molar-refractivity contribution in [3.8, 4) is 0 Å². The lowest BCUT2D eigenvalue weighted by Gasteiger charge is -2.14. The fourth-order valence-electron chi connectivity index (χ4n) is 2.12. The molecule has 0 unspecified atom stereocenters. The number of esters is 2. The van der Waals surface area contributed by atoms with Crippen molar-refractivity contribution >= 4 is 11.9 Å². The fourth-order valence-corrected chi connectivity index (χ4v) is 2.12. The summed E-state index contributed by atoms with van der Waals surface area (Å²) in [7, 11) is 2.59. The van der Waals surface area contributed by atoms with Crippen molar-refractivity contribution in [2.24, 2.45) is 17.8 Å². The van der Waals surface area contributed by atoms with Gasteiger partial charge in [-0.2, -0.15) is 0 Å². The van der Waals surface area contributed by atoms with E-state index in [-0.39, 0.29) is 12.5 Å². The molecule has 1 aliphatic carbocycles. The first kappa shape index (κ1) is 12.0. The van der Waals surface area contributed by atoms with Crippen LogP contribution >= 0.6 is 0 Å². The van der Waals surface area contributed by atoms with Crippen molar-refractivity contribution in [1.29, 1.82) is 0 Å². The second-order valence-electron chi connectivity index (χ2n) is 3.78. The predicted molar refractivity (Wildman–Crippen MR) is 50.8 cm³/mol. The lowest BCUT2D eigenvalue weighted by atomic mass is 9.96. The van der Waals surface area contributed by atoms with E-state index in [4.69, 9.17) is 5.11 Å². The van der Waals surface area contributed by atoms with Crippen molar-refractivity contribution in [1.82, 2.24) is 0 Å². The summed E-state index contributed by atoms with van der Waals surface area (Å²) < 4.78 is 9.25. The van der Waals surface area contributed by atoms with Crippen LogP contribution in [-0.4, -0.2) is 37.9 Å². The molecule has 5 heteroatoms. The molecule has 86 valence electrons. The van der Waals surface area contributed by atoms with Gasteiger partial charge in [0.25, 0.3) is 0 Å². The molecule has 0 heterocycles. The third-order valence-electron chi connectivity index (χ3n) is 2.93. The van der Waals surface area contributed by atoms with Crippen LogP contribution in [0.15, 0.2) is 0 Å². The molecule has 0 aromatic heterocycles. The number of aliphatic hydroxyl groups is 1. The van der Waals surface area contributed by atoms with Gasteiger partial charge in [0, 0.05) is 6.61 Å². The highest BCUT2D eigenvalue weighted by atomic mass is 16.5. The Morgan fingerprint density at radius 2 is 1.53 bits per heavy atom. The fraction of sp³-hybridized carbons (Fsp3) is 0.800. The maximum absolute atomic E-state index is 11.4. The van der Waals surface area contributed by atoms with Crippen LogP contribution < -0.4 is 0 Å². The normalized spacial score (nSPS) is 26.3. The Hall–Kier alpha value is -1.10. The zero-order chi connectivity index (χ0) is 11.4. The molecule has 0 aromatic carbocycles. The Balaban J connectivity index is 2.73. The zero-order valence-electron chi connectivity index (χ0n) is 8.93. The number of carbonyl (C=O) groups excluding carboxylic acids is 2. The molecule has 0 spiro atoms. The number of rotatable bonds is 3. The predicted octanol–water partition coefficient (Wildman–Crippen LogP) is -0.0329. The second kappa shape index (κ2) is 5.11. The van der Waals surface area contributed by atoms with E-state index in [0.29, 0.717) is 12.8 Å². The number of hydrogen-bond acceptors (Lipinski definition) is 5. The van der Waals surface area contributed by atoms with Crippen LogP contribution in [0.4, 0.5) is 0 Å². The molecule has 1 rings (SSSR count). The Labute approximate surface area is 88.4 Å². The van der Waals surface area contributed by atoms with Gasteiger partial charge in [-0.1, -0.05) is 0 Å². The maximum Gasteiger partial charge on any atom is 0.309 e. The molecule has 15 heavy (non-hydrogen) atoms. The SMILES string of the molecule is COC(=O)[C@@H]1CC(CO)C[C@H]1C(=O)OC. The van der Waals surface area contributed by atoms with Gasteiger partial charge in [-0.25, -0.2) is 0 Å². The van der Waals surface area contributed by atoms with Gasteiger partial charge in [0.15, 0.2) is 0 Å². The average Bonchev–Trinajstić information content (AvgIpc) is 2.70. The first-order chi connectivity index (χ1) is 7.13. The maximum atomic E-state index is 11.4. The van der Waals surface area contributed by atoms with E-state index in [1.165, 1.54) is 14.2 Å². The molecule has 2 atom stereocenters. The van der Waals surface area contributed by atoms with Gasteiger partial charge in [0.2, 0.25) is 0 Å². The Morgan fingerprint density at radius 1 is 1.13 bits per heavy atom. The van der Waals surface area contributed by atoms with Crippen LogP contribution in [0.3, 0.4) is 0 Å². The molecule has 1 N–H and O–H groups in total. The van der Waals surface area contributed by atoms with Crippen molar-refractivity contribution in [2.75, 3.05) is 20.8 Å². The Kier molecular flexibility index (Phi) is 4.08. The number of ether oxygens (including phenoxy) is 2. The highest BCUT2D eigenvalue weighted by Gasteiger charge is 2.43. The second-order valence-corrected chi connectivity index (χ2v) is 3.78. The van der Waals surface area contributed by atoms with Gasteiger partial charge in [0.1, 0.15) is 0 Å². The Bertz CT molecular complexity index is 226. The summed E-state index contributed by atoms with van der Waals surface area (Å²) in [6.45, 7) is -0.0129. The van der Waals surface area contributed by atoms with Crippen LogP contribution in [0.25, 0.3) is 0 Å². The van der Waals surface area contributed by atoms with Crippen LogP contribution in [0.5, 0.6) is 0 Å². The van der Waals surface area contributed by atoms with E-state index in [9.17, 15) is 9.59 Å². The van der Waals surface area contributed by atoms with Gasteiger partial charge in [0.05, 0.1) is 26.1 Å². The number of hydrogen-bond donors (Lipinski definition) is 1. The molecule has 0 saturated heterocycles. The summed E-state index contributed by atoms with van der Waals surface area (Å²) in [6.07, 6.45) is 0.978. The largest absolute Gasteiger partial charge is 0.469 e. The molecular weight excluding hydrogens is 200 g/mol. The first-order valence-corrected chi connectivity index (χ1v) is 4.90. The number of methoxy groups -OCH3 is 2. The Morgan fingerprint density at radius 3 is 1.80 bits per heavy atom. The van der Waals surface area contributed by atoms with E-state index in [1.54, 1.807) is 0 Å². The van der Waals surface area contributed by atoms with Gasteiger partial charge in [-0.15, -0.1) is 0 Å². The van der Waals surface area contributed by atoms with Gasteiger partial charge in [-0.05, 0) is 18.8 Å². The summed E-state index contributed by atoms with van der Waals surface area (Å²) >= 11 is 0. The standard InChI is InChI=1S/C10H16O5/c1-14-9(12)7-3-6(5-11)4-8(7)10(13)15-2/h6-8,11H,3-5H2,1-2H3/t7-,8-/m1/s1. The summed E-state index contributed by atoms with van der Waals surface area (Å²) in [4.78, 5) is 22.8. The monoisotopic (exact) mass is 216 g/mol.